The van der Waals surface area contributed by atoms with Crippen molar-refractivity contribution in [3.8, 4) is 0 Å². The third kappa shape index (κ3) is 4.80. The van der Waals surface area contributed by atoms with Gasteiger partial charge in [0.05, 0.1) is 29.4 Å². The molecule has 3 rings (SSSR count). The Kier molecular flexibility index (Phi) is 6.32. The lowest BCUT2D eigenvalue weighted by Crippen LogP contribution is -2.40. The van der Waals surface area contributed by atoms with Crippen LogP contribution in [0.2, 0.25) is 0 Å². The van der Waals surface area contributed by atoms with Crippen LogP contribution in [-0.2, 0) is 20.9 Å². The number of sulfonamides is 1. The maximum atomic E-state index is 13.1. The third-order valence-corrected chi connectivity index (χ3v) is 7.15. The number of anilines is 1. The first-order valence-corrected chi connectivity index (χ1v) is 10.7. The van der Waals surface area contributed by atoms with Crippen LogP contribution in [0, 0.1) is 0 Å². The van der Waals surface area contributed by atoms with E-state index in [-0.39, 0.29) is 41.2 Å². The van der Waals surface area contributed by atoms with Gasteiger partial charge in [-0.1, -0.05) is 12.1 Å². The Morgan fingerprint density at radius 2 is 1.76 bits per heavy atom. The Balaban J connectivity index is 1.91. The van der Waals surface area contributed by atoms with Crippen molar-refractivity contribution < 1.29 is 31.1 Å². The molecule has 0 radical (unpaired) electrons. The van der Waals surface area contributed by atoms with Crippen molar-refractivity contribution in [2.75, 3.05) is 31.6 Å². The minimum Gasteiger partial charge on any atom is -0.379 e. The van der Waals surface area contributed by atoms with E-state index in [1.807, 2.05) is 0 Å². The molecule has 1 fully saturated rings. The molecule has 2 aromatic rings. The SMILES string of the molecule is O=C(Nc1ccccc1C(F)(F)F)c1ccc(Br)c(S(=O)(=O)N2CCOCC2)c1. The lowest BCUT2D eigenvalue weighted by molar-refractivity contribution is -0.136. The zero-order valence-electron chi connectivity index (χ0n) is 14.9. The summed E-state index contributed by atoms with van der Waals surface area (Å²) in [6.45, 7) is 0.852. The van der Waals surface area contributed by atoms with Crippen LogP contribution >= 0.6 is 15.9 Å². The molecule has 1 heterocycles. The van der Waals surface area contributed by atoms with Gasteiger partial charge in [-0.3, -0.25) is 4.79 Å². The summed E-state index contributed by atoms with van der Waals surface area (Å²) in [5.41, 5.74) is -1.49. The Hall–Kier alpha value is -1.95. The van der Waals surface area contributed by atoms with Crippen LogP contribution in [0.3, 0.4) is 0 Å². The molecule has 0 atom stereocenters. The van der Waals surface area contributed by atoms with Crippen LogP contribution in [-0.4, -0.2) is 44.9 Å². The Morgan fingerprint density at radius 3 is 2.41 bits per heavy atom. The molecule has 156 valence electrons. The summed E-state index contributed by atoms with van der Waals surface area (Å²) in [7, 11) is -3.91. The van der Waals surface area contributed by atoms with Crippen LogP contribution < -0.4 is 5.32 Å². The molecule has 1 aliphatic heterocycles. The van der Waals surface area contributed by atoms with Gasteiger partial charge in [0.25, 0.3) is 5.91 Å². The molecule has 0 aromatic heterocycles. The van der Waals surface area contributed by atoms with Gasteiger partial charge < -0.3 is 10.1 Å². The van der Waals surface area contributed by atoms with Crippen LogP contribution in [0.25, 0.3) is 0 Å². The largest absolute Gasteiger partial charge is 0.418 e. The van der Waals surface area contributed by atoms with Gasteiger partial charge in [-0.2, -0.15) is 17.5 Å². The topological polar surface area (TPSA) is 75.7 Å². The molecule has 1 amide bonds. The monoisotopic (exact) mass is 492 g/mol. The number of benzene rings is 2. The van der Waals surface area contributed by atoms with Crippen molar-refractivity contribution in [3.05, 3.63) is 58.1 Å². The molecular weight excluding hydrogens is 477 g/mol. The van der Waals surface area contributed by atoms with E-state index in [1.54, 1.807) is 0 Å². The fraction of sp³-hybridized carbons (Fsp3) is 0.278. The number of hydrogen-bond acceptors (Lipinski definition) is 4. The van der Waals surface area contributed by atoms with E-state index < -0.39 is 33.4 Å². The van der Waals surface area contributed by atoms with Gasteiger partial charge in [0, 0.05) is 23.1 Å². The van der Waals surface area contributed by atoms with Crippen molar-refractivity contribution >= 4 is 37.5 Å². The third-order valence-electron chi connectivity index (χ3n) is 4.26. The Bertz CT molecular complexity index is 1020. The van der Waals surface area contributed by atoms with Gasteiger partial charge in [-0.05, 0) is 46.3 Å². The summed E-state index contributed by atoms with van der Waals surface area (Å²) >= 11 is 3.17. The highest BCUT2D eigenvalue weighted by Gasteiger charge is 2.34. The van der Waals surface area contributed by atoms with E-state index in [2.05, 4.69) is 21.2 Å². The van der Waals surface area contributed by atoms with Crippen molar-refractivity contribution in [1.29, 1.82) is 0 Å². The Labute approximate surface area is 173 Å². The van der Waals surface area contributed by atoms with Crippen LogP contribution in [0.15, 0.2) is 51.8 Å². The summed E-state index contributed by atoms with van der Waals surface area (Å²) in [5, 5.41) is 2.21. The second kappa shape index (κ2) is 8.42. The highest BCUT2D eigenvalue weighted by atomic mass is 79.9. The second-order valence-electron chi connectivity index (χ2n) is 6.16. The van der Waals surface area contributed by atoms with Crippen molar-refractivity contribution in [3.63, 3.8) is 0 Å². The number of rotatable bonds is 4. The first kappa shape index (κ1) is 21.8. The predicted octanol–water partition coefficient (Wildman–Crippen LogP) is 3.74. The van der Waals surface area contributed by atoms with Gasteiger partial charge in [0.2, 0.25) is 10.0 Å². The molecule has 0 aliphatic carbocycles. The quantitative estimate of drug-likeness (QED) is 0.705. The number of para-hydroxylation sites is 1. The summed E-state index contributed by atoms with van der Waals surface area (Å²) in [4.78, 5) is 12.4. The van der Waals surface area contributed by atoms with E-state index in [9.17, 15) is 26.4 Å². The molecule has 2 aromatic carbocycles. The number of alkyl halides is 3. The van der Waals surface area contributed by atoms with Crippen LogP contribution in [0.4, 0.5) is 18.9 Å². The summed E-state index contributed by atoms with van der Waals surface area (Å²) in [6, 6.07) is 8.40. The molecule has 11 heteroatoms. The molecule has 0 spiro atoms. The zero-order valence-corrected chi connectivity index (χ0v) is 17.3. The number of nitrogens with zero attached hydrogens (tertiary/aromatic N) is 1. The minimum atomic E-state index is -4.64. The number of morpholine rings is 1. The number of carbonyl (C=O) groups excluding carboxylic acids is 1. The molecule has 29 heavy (non-hydrogen) atoms. The average Bonchev–Trinajstić information content (AvgIpc) is 2.68. The van der Waals surface area contributed by atoms with E-state index in [4.69, 9.17) is 4.74 Å². The number of ether oxygens (including phenoxy) is 1. The number of amides is 1. The molecule has 1 N–H and O–H groups in total. The first-order chi connectivity index (χ1) is 13.6. The van der Waals surface area contributed by atoms with Crippen LogP contribution in [0.5, 0.6) is 0 Å². The predicted molar refractivity (Wildman–Crippen MR) is 103 cm³/mol. The first-order valence-electron chi connectivity index (χ1n) is 8.46. The fourth-order valence-electron chi connectivity index (χ4n) is 2.80. The second-order valence-corrected chi connectivity index (χ2v) is 8.92. The standard InChI is InChI=1S/C18H16BrF3N2O4S/c19-14-6-5-12(11-16(14)29(26,27)24-7-9-28-10-8-24)17(25)23-15-4-2-1-3-13(15)18(20,21)22/h1-6,11H,7-10H2,(H,23,25). The van der Waals surface area contributed by atoms with E-state index in [0.717, 1.165) is 18.2 Å². The van der Waals surface area contributed by atoms with Gasteiger partial charge in [0.15, 0.2) is 0 Å². The summed E-state index contributed by atoms with van der Waals surface area (Å²) < 4.78 is 71.8. The van der Waals surface area contributed by atoms with E-state index in [0.29, 0.717) is 0 Å². The highest BCUT2D eigenvalue weighted by molar-refractivity contribution is 9.10. The molecule has 0 unspecified atom stereocenters. The molecule has 0 bridgehead atoms. The smallest absolute Gasteiger partial charge is 0.379 e. The molecule has 1 aliphatic rings. The van der Waals surface area contributed by atoms with Crippen molar-refractivity contribution in [2.24, 2.45) is 0 Å². The van der Waals surface area contributed by atoms with E-state index >= 15 is 0 Å². The highest BCUT2D eigenvalue weighted by Crippen LogP contribution is 2.35. The normalized spacial score (nSPS) is 15.9. The molecule has 0 saturated carbocycles. The maximum absolute atomic E-state index is 13.1. The summed E-state index contributed by atoms with van der Waals surface area (Å²) in [5.74, 6) is -0.854. The fourth-order valence-corrected chi connectivity index (χ4v) is 5.16. The molecular formula is C18H16BrF3N2O4S. The van der Waals surface area contributed by atoms with Gasteiger partial charge in [0.1, 0.15) is 0 Å². The molecule has 6 nitrogen and oxygen atoms in total. The molecule has 1 saturated heterocycles. The van der Waals surface area contributed by atoms with Crippen LogP contribution in [0.1, 0.15) is 15.9 Å². The van der Waals surface area contributed by atoms with Crippen molar-refractivity contribution in [1.82, 2.24) is 4.31 Å². The maximum Gasteiger partial charge on any atom is 0.418 e. The lowest BCUT2D eigenvalue weighted by atomic mass is 10.1. The Morgan fingerprint density at radius 1 is 1.10 bits per heavy atom. The van der Waals surface area contributed by atoms with E-state index in [1.165, 1.54) is 28.6 Å². The van der Waals surface area contributed by atoms with Gasteiger partial charge >= 0.3 is 6.18 Å². The lowest BCUT2D eigenvalue weighted by Gasteiger charge is -2.26. The number of halogens is 4. The number of nitrogens with one attached hydrogen (secondary N) is 1. The average molecular weight is 493 g/mol. The van der Waals surface area contributed by atoms with Crippen molar-refractivity contribution in [2.45, 2.75) is 11.1 Å². The van der Waals surface area contributed by atoms with Gasteiger partial charge in [-0.25, -0.2) is 8.42 Å². The number of hydrogen-bond donors (Lipinski definition) is 1. The summed E-state index contributed by atoms with van der Waals surface area (Å²) in [6.07, 6.45) is -4.64. The number of carbonyl (C=O) groups is 1. The van der Waals surface area contributed by atoms with Gasteiger partial charge in [-0.15, -0.1) is 0 Å². The zero-order chi connectivity index (χ0) is 21.2. The minimum absolute atomic E-state index is 0.0861.